The summed E-state index contributed by atoms with van der Waals surface area (Å²) in [7, 11) is 0. The Morgan fingerprint density at radius 3 is 1.82 bits per heavy atom. The second-order valence-electron chi connectivity index (χ2n) is 27.2. The predicted octanol–water partition coefficient (Wildman–Crippen LogP) is 16.0. The fraction of sp³-hybridized carbons (Fsp3) is 0.853. The summed E-state index contributed by atoms with van der Waals surface area (Å²) in [6, 6.07) is 0. The Bertz CT molecular complexity index is 1900. The van der Waals surface area contributed by atoms with Gasteiger partial charge in [-0.15, -0.1) is 0 Å². The highest BCUT2D eigenvalue weighted by atomic mass is 16.7. The normalized spacial score (nSPS) is 38.7. The third-order valence-corrected chi connectivity index (χ3v) is 21.5. The fourth-order valence-electron chi connectivity index (χ4n) is 17.4. The molecule has 17 atom stereocenters. The van der Waals surface area contributed by atoms with Gasteiger partial charge in [-0.1, -0.05) is 134 Å². The quantitative estimate of drug-likeness (QED) is 0.0629. The second-order valence-corrected chi connectivity index (χ2v) is 27.2. The number of rotatable bonds is 22. The summed E-state index contributed by atoms with van der Waals surface area (Å²) in [5.74, 6) is 7.15. The van der Waals surface area contributed by atoms with Crippen molar-refractivity contribution < 1.29 is 38.6 Å². The molecule has 9 aliphatic rings. The van der Waals surface area contributed by atoms with E-state index < -0.39 is 6.10 Å². The van der Waals surface area contributed by atoms with E-state index in [0.29, 0.717) is 56.0 Å². The molecule has 2 N–H and O–H groups in total. The molecule has 9 rings (SSSR count). The van der Waals surface area contributed by atoms with Crippen molar-refractivity contribution in [1.82, 2.24) is 0 Å². The van der Waals surface area contributed by atoms with Crippen LogP contribution in [-0.4, -0.2) is 79.7 Å². The first kappa shape index (κ1) is 58.9. The molecule has 0 aromatic carbocycles. The maximum absolute atomic E-state index is 11.6. The molecule has 0 amide bonds. The van der Waals surface area contributed by atoms with E-state index in [9.17, 15) is 10.2 Å². The minimum atomic E-state index is -0.439. The molecule has 0 radical (unpaired) electrons. The molecule has 0 aromatic heterocycles. The van der Waals surface area contributed by atoms with Crippen LogP contribution in [0.5, 0.6) is 0 Å². The molecule has 4 fully saturated rings. The van der Waals surface area contributed by atoms with Gasteiger partial charge in [0.1, 0.15) is 5.76 Å². The second kappa shape index (κ2) is 28.8. The highest BCUT2D eigenvalue weighted by Crippen LogP contribution is 2.59. The number of aliphatic hydroxyl groups excluding tert-OH is 2. The molecular formula is C68H110O8. The van der Waals surface area contributed by atoms with E-state index in [-0.39, 0.29) is 60.2 Å². The minimum Gasteiger partial charge on any atom is -0.469 e. The summed E-state index contributed by atoms with van der Waals surface area (Å²) in [4.78, 5) is 0. The van der Waals surface area contributed by atoms with Crippen molar-refractivity contribution in [3.05, 3.63) is 59.4 Å². The van der Waals surface area contributed by atoms with Gasteiger partial charge in [0, 0.05) is 11.8 Å². The zero-order chi connectivity index (χ0) is 53.0. The zero-order valence-corrected chi connectivity index (χ0v) is 49.0. The summed E-state index contributed by atoms with van der Waals surface area (Å²) in [5.41, 5.74) is 3.18. The van der Waals surface area contributed by atoms with Crippen molar-refractivity contribution in [3.8, 4) is 0 Å². The van der Waals surface area contributed by atoms with Crippen LogP contribution in [0.1, 0.15) is 221 Å². The van der Waals surface area contributed by atoms with Gasteiger partial charge in [-0.25, -0.2) is 0 Å². The average molecular weight is 1060 g/mol. The molecule has 17 unspecified atom stereocenters. The molecule has 0 spiro atoms. The first-order valence-corrected chi connectivity index (χ1v) is 32.5. The Balaban J connectivity index is 0.867. The summed E-state index contributed by atoms with van der Waals surface area (Å²) in [6.45, 7) is 15.8. The summed E-state index contributed by atoms with van der Waals surface area (Å²) in [5, 5.41) is 23.0. The van der Waals surface area contributed by atoms with Crippen LogP contribution in [0.25, 0.3) is 0 Å². The maximum Gasteiger partial charge on any atom is 0.196 e. The molecule has 0 bridgehead atoms. The number of hydrogen-bond acceptors (Lipinski definition) is 8. The number of ether oxygens (including phenoxy) is 6. The lowest BCUT2D eigenvalue weighted by molar-refractivity contribution is -0.191. The van der Waals surface area contributed by atoms with E-state index in [0.717, 1.165) is 100 Å². The van der Waals surface area contributed by atoms with Crippen LogP contribution < -0.4 is 0 Å². The van der Waals surface area contributed by atoms with Crippen LogP contribution in [0.3, 0.4) is 0 Å². The van der Waals surface area contributed by atoms with Crippen molar-refractivity contribution in [2.75, 3.05) is 26.4 Å². The third-order valence-electron chi connectivity index (χ3n) is 21.5. The van der Waals surface area contributed by atoms with Crippen LogP contribution >= 0.6 is 0 Å². The van der Waals surface area contributed by atoms with Crippen molar-refractivity contribution in [2.45, 2.75) is 264 Å². The average Bonchev–Trinajstić information content (AvgIpc) is 3.44. The Labute approximate surface area is 463 Å². The molecule has 76 heavy (non-hydrogen) atoms. The smallest absolute Gasteiger partial charge is 0.196 e. The number of hydrogen-bond donors (Lipinski definition) is 2. The van der Waals surface area contributed by atoms with Crippen molar-refractivity contribution in [3.63, 3.8) is 0 Å². The van der Waals surface area contributed by atoms with Crippen LogP contribution in [0, 0.1) is 76.4 Å². The van der Waals surface area contributed by atoms with E-state index >= 15 is 0 Å². The van der Waals surface area contributed by atoms with Gasteiger partial charge in [-0.05, 0) is 206 Å². The van der Waals surface area contributed by atoms with E-state index in [2.05, 4.69) is 78.0 Å². The zero-order valence-electron chi connectivity index (χ0n) is 49.0. The molecular weight excluding hydrogens is 945 g/mol. The third kappa shape index (κ3) is 15.8. The van der Waals surface area contributed by atoms with Gasteiger partial charge < -0.3 is 38.6 Å². The van der Waals surface area contributed by atoms with E-state index in [1.807, 2.05) is 6.08 Å². The molecule has 8 nitrogen and oxygen atoms in total. The van der Waals surface area contributed by atoms with Crippen LogP contribution in [0.2, 0.25) is 0 Å². The Morgan fingerprint density at radius 2 is 1.20 bits per heavy atom. The van der Waals surface area contributed by atoms with Gasteiger partial charge in [0.2, 0.25) is 0 Å². The Morgan fingerprint density at radius 1 is 0.579 bits per heavy atom. The van der Waals surface area contributed by atoms with Gasteiger partial charge in [0.05, 0.1) is 56.9 Å². The molecule has 4 saturated carbocycles. The predicted molar refractivity (Wildman–Crippen MR) is 307 cm³/mol. The van der Waals surface area contributed by atoms with Crippen LogP contribution in [0.15, 0.2) is 59.4 Å². The maximum atomic E-state index is 11.6. The van der Waals surface area contributed by atoms with Gasteiger partial charge in [-0.2, -0.15) is 0 Å². The molecule has 8 heteroatoms. The topological polar surface area (TPSA) is 95.8 Å². The van der Waals surface area contributed by atoms with Gasteiger partial charge in [0.15, 0.2) is 12.6 Å². The molecule has 9 aliphatic carbocycles. The highest BCUT2D eigenvalue weighted by molar-refractivity contribution is 5.28. The lowest BCUT2D eigenvalue weighted by Gasteiger charge is -2.52. The minimum absolute atomic E-state index is 0.0240. The van der Waals surface area contributed by atoms with Crippen LogP contribution in [-0.2, 0) is 28.4 Å². The van der Waals surface area contributed by atoms with Gasteiger partial charge in [-0.3, -0.25) is 0 Å². The largest absolute Gasteiger partial charge is 0.469 e. The van der Waals surface area contributed by atoms with Gasteiger partial charge in [0.25, 0.3) is 0 Å². The Hall–Kier alpha value is -1.78. The van der Waals surface area contributed by atoms with E-state index in [1.54, 1.807) is 5.57 Å². The lowest BCUT2D eigenvalue weighted by atomic mass is 9.54. The van der Waals surface area contributed by atoms with Crippen LogP contribution in [0.4, 0.5) is 0 Å². The molecule has 0 heterocycles. The first-order valence-electron chi connectivity index (χ1n) is 32.5. The fourth-order valence-corrected chi connectivity index (χ4v) is 17.4. The standard InChI is InChI=1S/C68H110O8/c1-46-20-30-64(69)56(38-46)42-58-44-60(40-48(3)66(58)75-50(5)71-34-36-73-62-26-22-54(23-27-62)52-16-10-7-11-17-52)68(32-14-9-15-33-68)61-41-49(4)67(59(45-61)43-57-39-47(2)21-31-65(57)70)76-51(6)72-35-37-74-63-28-24-55(25-29-63)53-18-12-8-13-19-53/h20,22,24,26,28,30,41,46-57,59-60,62-65,67,69-70H,7-19,21,23,25,27,29,31-40,42-45H2,1-6H3. The first-order chi connectivity index (χ1) is 36.9. The number of allylic oxidation sites excluding steroid dienone is 6. The van der Waals surface area contributed by atoms with Crippen molar-refractivity contribution >= 4 is 0 Å². The van der Waals surface area contributed by atoms with E-state index in [1.165, 1.54) is 115 Å². The van der Waals surface area contributed by atoms with E-state index in [4.69, 9.17) is 28.4 Å². The molecule has 0 aliphatic heterocycles. The lowest BCUT2D eigenvalue weighted by Crippen LogP contribution is -2.45. The Kier molecular flexibility index (Phi) is 22.3. The van der Waals surface area contributed by atoms with Crippen molar-refractivity contribution in [2.24, 2.45) is 76.4 Å². The molecule has 0 saturated heterocycles. The summed E-state index contributed by atoms with van der Waals surface area (Å²) in [6.07, 6.45) is 49.7. The monoisotopic (exact) mass is 1050 g/mol. The summed E-state index contributed by atoms with van der Waals surface area (Å²) < 4.78 is 39.7. The van der Waals surface area contributed by atoms with Gasteiger partial charge >= 0.3 is 0 Å². The SMILES string of the molecule is CC1C=CC(O)C(CC2=C(OC(C)OCCOC3C=CC(C4CCCCC4)CC3)C(C)CC(C3(C4=CC(C)C(OC(C)OCCOC5C=CC(C6CCCCC6)CC5)C(CC5CC(C)CCC5O)C4)CCCCC3)C2)C1. The van der Waals surface area contributed by atoms with Crippen molar-refractivity contribution in [1.29, 1.82) is 0 Å². The highest BCUT2D eigenvalue weighted by Gasteiger charge is 2.49. The molecule has 0 aromatic rings. The number of aliphatic hydroxyl groups is 2. The molecule has 430 valence electrons. The summed E-state index contributed by atoms with van der Waals surface area (Å²) >= 11 is 0.